The highest BCUT2D eigenvalue weighted by molar-refractivity contribution is 7.99. The van der Waals surface area contributed by atoms with Crippen molar-refractivity contribution in [1.82, 2.24) is 15.3 Å². The minimum atomic E-state index is -0.351. The van der Waals surface area contributed by atoms with E-state index in [1.165, 1.54) is 0 Å². The zero-order chi connectivity index (χ0) is 16.2. The molecule has 0 aliphatic heterocycles. The van der Waals surface area contributed by atoms with Gasteiger partial charge in [0.25, 0.3) is 5.56 Å². The molecule has 0 unspecified atom stereocenters. The van der Waals surface area contributed by atoms with Crippen molar-refractivity contribution in [2.75, 3.05) is 5.75 Å². The first kappa shape index (κ1) is 17.6. The third-order valence-corrected chi connectivity index (χ3v) is 3.75. The van der Waals surface area contributed by atoms with Gasteiger partial charge in [-0.25, -0.2) is 0 Å². The monoisotopic (exact) mass is 313 g/mol. The summed E-state index contributed by atoms with van der Waals surface area (Å²) in [5, 5.41) is 12.9. The molecule has 0 spiro atoms. The summed E-state index contributed by atoms with van der Waals surface area (Å²) in [7, 11) is 0. The zero-order valence-corrected chi connectivity index (χ0v) is 13.9. The third-order valence-electron chi connectivity index (χ3n) is 2.87. The number of nitrogens with zero attached hydrogens (tertiary/aromatic N) is 1. The number of carbonyl (C=O) groups is 1. The van der Waals surface area contributed by atoms with Crippen LogP contribution < -0.4 is 10.9 Å². The highest BCUT2D eigenvalue weighted by Crippen LogP contribution is 2.24. The van der Waals surface area contributed by atoms with Gasteiger partial charge in [0.05, 0.1) is 11.3 Å². The lowest BCUT2D eigenvalue weighted by Gasteiger charge is -2.20. The Labute approximate surface area is 128 Å². The molecule has 0 saturated heterocycles. The normalized spacial score (nSPS) is 13.0. The molecule has 0 aliphatic rings. The smallest absolute Gasteiger partial charge is 0.258 e. The highest BCUT2D eigenvalue weighted by Gasteiger charge is 2.18. The van der Waals surface area contributed by atoms with Crippen LogP contribution in [-0.4, -0.2) is 32.3 Å². The summed E-state index contributed by atoms with van der Waals surface area (Å²) in [5.74, 6) is -0.348. The van der Waals surface area contributed by atoms with E-state index < -0.39 is 0 Å². The minimum absolute atomic E-state index is 0.0653. The van der Waals surface area contributed by atoms with Crippen molar-refractivity contribution in [3.63, 3.8) is 0 Å². The molecule has 0 fully saturated rings. The molecule has 1 heterocycles. The molecule has 0 radical (unpaired) electrons. The van der Waals surface area contributed by atoms with Crippen molar-refractivity contribution in [3.8, 4) is 5.88 Å². The van der Waals surface area contributed by atoms with E-state index in [0.717, 1.165) is 18.2 Å². The first-order chi connectivity index (χ1) is 9.64. The van der Waals surface area contributed by atoms with E-state index in [9.17, 15) is 14.7 Å². The summed E-state index contributed by atoms with van der Waals surface area (Å²) in [6.07, 6.45) is 0.735. The first-order valence-electron chi connectivity index (χ1n) is 6.91. The average molecular weight is 313 g/mol. The number of H-pyrrole nitrogens is 1. The number of amides is 1. The lowest BCUT2D eigenvalue weighted by Crippen LogP contribution is -2.41. The van der Waals surface area contributed by atoms with Gasteiger partial charge in [-0.3, -0.25) is 9.59 Å². The van der Waals surface area contributed by atoms with Crippen molar-refractivity contribution < 1.29 is 9.90 Å². The number of hydrogen-bond donors (Lipinski definition) is 3. The number of rotatable bonds is 5. The van der Waals surface area contributed by atoms with E-state index in [1.54, 1.807) is 0 Å². The van der Waals surface area contributed by atoms with Crippen LogP contribution in [0.5, 0.6) is 5.88 Å². The number of nitrogens with one attached hydrogen (secondary N) is 2. The second-order valence-corrected chi connectivity index (χ2v) is 6.97. The average Bonchev–Trinajstić information content (AvgIpc) is 2.33. The van der Waals surface area contributed by atoms with Crippen LogP contribution in [0.15, 0.2) is 9.95 Å². The molecule has 0 bridgehead atoms. The minimum Gasteiger partial charge on any atom is -0.493 e. The molecule has 1 amide bonds. The highest BCUT2D eigenvalue weighted by atomic mass is 32.2. The van der Waals surface area contributed by atoms with Crippen LogP contribution in [0, 0.1) is 0 Å². The molecule has 1 aromatic rings. The summed E-state index contributed by atoms with van der Waals surface area (Å²) in [6.45, 7) is 9.46. The second-order valence-electron chi connectivity index (χ2n) is 6.00. The van der Waals surface area contributed by atoms with Gasteiger partial charge in [-0.1, -0.05) is 25.6 Å². The van der Waals surface area contributed by atoms with Gasteiger partial charge in [0.15, 0.2) is 5.16 Å². The number of aromatic nitrogens is 2. The standard InChI is InChI=1S/C14H23N3O3S/c1-6-8(2)10-11(19)15-13(16-12(10)20)21-7-9(18)17-14(3,4)5/h8H,6-7H2,1-5H3,(H,17,18)(H2,15,16,19,20)/t8-/m1/s1. The predicted molar refractivity (Wildman–Crippen MR) is 83.8 cm³/mol. The first-order valence-corrected chi connectivity index (χ1v) is 7.89. The molecular formula is C14H23N3O3S. The molecule has 0 aromatic carbocycles. The van der Waals surface area contributed by atoms with Gasteiger partial charge in [-0.15, -0.1) is 0 Å². The fourth-order valence-corrected chi connectivity index (χ4v) is 2.41. The van der Waals surface area contributed by atoms with Gasteiger partial charge in [-0.05, 0) is 33.1 Å². The molecule has 0 aliphatic carbocycles. The number of thioether (sulfide) groups is 1. The van der Waals surface area contributed by atoms with Crippen molar-refractivity contribution >= 4 is 17.7 Å². The van der Waals surface area contributed by atoms with E-state index in [1.807, 2.05) is 34.6 Å². The Bertz CT molecular complexity index is 564. The fourth-order valence-electron chi connectivity index (χ4n) is 1.76. The number of carbonyl (C=O) groups excluding carboxylic acids is 1. The molecule has 3 N–H and O–H groups in total. The number of aromatic amines is 1. The summed E-state index contributed by atoms with van der Waals surface area (Å²) < 4.78 is 0. The van der Waals surface area contributed by atoms with E-state index in [0.29, 0.717) is 5.56 Å². The molecule has 7 heteroatoms. The van der Waals surface area contributed by atoms with Crippen molar-refractivity contribution in [2.45, 2.75) is 57.7 Å². The lowest BCUT2D eigenvalue weighted by molar-refractivity contribution is -0.119. The Morgan fingerprint density at radius 1 is 1.48 bits per heavy atom. The maximum atomic E-state index is 12.0. The molecule has 1 rings (SSSR count). The van der Waals surface area contributed by atoms with E-state index in [2.05, 4.69) is 15.3 Å². The Balaban J connectivity index is 2.79. The van der Waals surface area contributed by atoms with Crippen LogP contribution in [0.25, 0.3) is 0 Å². The predicted octanol–water partition coefficient (Wildman–Crippen LogP) is 2.00. The van der Waals surface area contributed by atoms with Gasteiger partial charge in [-0.2, -0.15) is 4.98 Å². The molecular weight excluding hydrogens is 290 g/mol. The molecule has 6 nitrogen and oxygen atoms in total. The van der Waals surface area contributed by atoms with Crippen LogP contribution in [-0.2, 0) is 4.79 Å². The summed E-state index contributed by atoms with van der Waals surface area (Å²) >= 11 is 1.09. The van der Waals surface area contributed by atoms with Crippen molar-refractivity contribution in [3.05, 3.63) is 15.9 Å². The Morgan fingerprint density at radius 3 is 2.57 bits per heavy atom. The summed E-state index contributed by atoms with van der Waals surface area (Å²) in [5.41, 5.74) is -0.363. The van der Waals surface area contributed by atoms with E-state index >= 15 is 0 Å². The maximum Gasteiger partial charge on any atom is 0.258 e. The van der Waals surface area contributed by atoms with Crippen LogP contribution in [0.2, 0.25) is 0 Å². The summed E-state index contributed by atoms with van der Waals surface area (Å²) in [6, 6.07) is 0. The molecule has 118 valence electrons. The van der Waals surface area contributed by atoms with Gasteiger partial charge < -0.3 is 15.4 Å². The van der Waals surface area contributed by atoms with E-state index in [4.69, 9.17) is 0 Å². The van der Waals surface area contributed by atoms with Gasteiger partial charge in [0.2, 0.25) is 11.8 Å². The molecule has 0 saturated carbocycles. The Kier molecular flexibility index (Phi) is 5.83. The second kappa shape index (κ2) is 6.98. The maximum absolute atomic E-state index is 12.0. The summed E-state index contributed by atoms with van der Waals surface area (Å²) in [4.78, 5) is 30.2. The molecule has 1 aromatic heterocycles. The van der Waals surface area contributed by atoms with Crippen molar-refractivity contribution in [2.24, 2.45) is 0 Å². The largest absolute Gasteiger partial charge is 0.493 e. The van der Waals surface area contributed by atoms with Gasteiger partial charge in [0, 0.05) is 5.54 Å². The Morgan fingerprint density at radius 2 is 2.10 bits per heavy atom. The lowest BCUT2D eigenvalue weighted by atomic mass is 10.0. The van der Waals surface area contributed by atoms with Crippen molar-refractivity contribution in [1.29, 1.82) is 0 Å². The zero-order valence-electron chi connectivity index (χ0n) is 13.1. The van der Waals surface area contributed by atoms with Gasteiger partial charge in [0.1, 0.15) is 0 Å². The number of hydrogen-bond acceptors (Lipinski definition) is 5. The SMILES string of the molecule is CC[C@@H](C)c1c(O)nc(SCC(=O)NC(C)(C)C)[nH]c1=O. The van der Waals surface area contributed by atoms with Crippen LogP contribution >= 0.6 is 11.8 Å². The van der Waals surface area contributed by atoms with E-state index in [-0.39, 0.29) is 39.7 Å². The fraction of sp³-hybridized carbons (Fsp3) is 0.643. The number of aromatic hydroxyl groups is 1. The quantitative estimate of drug-likeness (QED) is 0.571. The van der Waals surface area contributed by atoms with Crippen LogP contribution in [0.4, 0.5) is 0 Å². The third kappa shape index (κ3) is 5.41. The van der Waals surface area contributed by atoms with Crippen LogP contribution in [0.3, 0.4) is 0 Å². The molecule has 21 heavy (non-hydrogen) atoms. The topological polar surface area (TPSA) is 95.1 Å². The Hall–Kier alpha value is -1.50. The van der Waals surface area contributed by atoms with Crippen LogP contribution in [0.1, 0.15) is 52.5 Å². The molecule has 1 atom stereocenters. The van der Waals surface area contributed by atoms with Gasteiger partial charge >= 0.3 is 0 Å².